The van der Waals surface area contributed by atoms with Crippen molar-refractivity contribution < 1.29 is 14.3 Å². The van der Waals surface area contributed by atoms with Gasteiger partial charge < -0.3 is 19.9 Å². The summed E-state index contributed by atoms with van der Waals surface area (Å²) in [5.41, 5.74) is 1.09. The van der Waals surface area contributed by atoms with E-state index in [9.17, 15) is 9.59 Å². The summed E-state index contributed by atoms with van der Waals surface area (Å²) in [5.74, 6) is 1.88. The Labute approximate surface area is 228 Å². The first-order valence-electron chi connectivity index (χ1n) is 11.1. The average molecular weight is 569 g/mol. The second-order valence-electron chi connectivity index (χ2n) is 7.59. The first-order valence-corrected chi connectivity index (χ1v) is 14.2. The summed E-state index contributed by atoms with van der Waals surface area (Å²) in [6.45, 7) is 2.57. The molecule has 3 aromatic rings. The second kappa shape index (κ2) is 13.8. The number of aromatic nitrogens is 3. The molecule has 12 heteroatoms. The number of anilines is 1. The molecule has 1 unspecified atom stereocenters. The standard InChI is InChI=1S/C24H27Cl2N5O3S2/c1-4-31-22(20(11-12-35-3)28-23(33)15-5-8-17(34-2)9-6-15)29-30-24(31)36-14-21(32)27-16-7-10-18(25)19(26)13-16/h5-10,13,20H,4,11-12,14H2,1-3H3,(H,27,32)(H,28,33). The predicted octanol–water partition coefficient (Wildman–Crippen LogP) is 5.57. The van der Waals surface area contributed by atoms with E-state index >= 15 is 0 Å². The van der Waals surface area contributed by atoms with Gasteiger partial charge in [-0.2, -0.15) is 11.8 Å². The minimum absolute atomic E-state index is 0.131. The lowest BCUT2D eigenvalue weighted by Gasteiger charge is -2.19. The molecule has 2 N–H and O–H groups in total. The largest absolute Gasteiger partial charge is 0.497 e. The van der Waals surface area contributed by atoms with Crippen molar-refractivity contribution in [2.45, 2.75) is 31.1 Å². The summed E-state index contributed by atoms with van der Waals surface area (Å²) in [5, 5.41) is 16.0. The summed E-state index contributed by atoms with van der Waals surface area (Å²) in [4.78, 5) is 25.4. The van der Waals surface area contributed by atoms with Crippen LogP contribution in [0.3, 0.4) is 0 Å². The van der Waals surface area contributed by atoms with Gasteiger partial charge >= 0.3 is 0 Å². The summed E-state index contributed by atoms with van der Waals surface area (Å²) in [6, 6.07) is 11.5. The third-order valence-electron chi connectivity index (χ3n) is 5.18. The minimum Gasteiger partial charge on any atom is -0.497 e. The van der Waals surface area contributed by atoms with E-state index in [1.165, 1.54) is 11.8 Å². The van der Waals surface area contributed by atoms with Crippen LogP contribution in [0.2, 0.25) is 10.0 Å². The summed E-state index contributed by atoms with van der Waals surface area (Å²) in [6.07, 6.45) is 2.70. The highest BCUT2D eigenvalue weighted by molar-refractivity contribution is 7.99. The summed E-state index contributed by atoms with van der Waals surface area (Å²) >= 11 is 14.9. The van der Waals surface area contributed by atoms with Crippen LogP contribution in [0.5, 0.6) is 5.75 Å². The molecule has 0 saturated heterocycles. The van der Waals surface area contributed by atoms with Gasteiger partial charge in [0, 0.05) is 17.8 Å². The second-order valence-corrected chi connectivity index (χ2v) is 10.3. The number of halogens is 2. The van der Waals surface area contributed by atoms with Gasteiger partial charge in [-0.25, -0.2) is 0 Å². The van der Waals surface area contributed by atoms with E-state index in [1.807, 2.05) is 17.7 Å². The van der Waals surface area contributed by atoms with Crippen LogP contribution in [0.4, 0.5) is 5.69 Å². The number of hydrogen-bond donors (Lipinski definition) is 2. The fraction of sp³-hybridized carbons (Fsp3) is 0.333. The van der Waals surface area contributed by atoms with Crippen molar-refractivity contribution in [2.75, 3.05) is 30.2 Å². The van der Waals surface area contributed by atoms with Gasteiger partial charge in [-0.1, -0.05) is 35.0 Å². The number of ether oxygens (including phenoxy) is 1. The first-order chi connectivity index (χ1) is 17.4. The molecule has 192 valence electrons. The lowest BCUT2D eigenvalue weighted by atomic mass is 10.1. The molecule has 2 aromatic carbocycles. The maximum Gasteiger partial charge on any atom is 0.251 e. The fourth-order valence-electron chi connectivity index (χ4n) is 3.35. The van der Waals surface area contributed by atoms with Gasteiger partial charge in [0.25, 0.3) is 5.91 Å². The van der Waals surface area contributed by atoms with Gasteiger partial charge in [-0.05, 0) is 67.8 Å². The normalized spacial score (nSPS) is 11.7. The highest BCUT2D eigenvalue weighted by atomic mass is 35.5. The zero-order valence-corrected chi connectivity index (χ0v) is 23.2. The molecule has 0 aliphatic rings. The van der Waals surface area contributed by atoms with Gasteiger partial charge in [0.15, 0.2) is 11.0 Å². The molecule has 3 rings (SSSR count). The van der Waals surface area contributed by atoms with E-state index in [0.29, 0.717) is 51.0 Å². The molecule has 1 atom stereocenters. The number of hydrogen-bond acceptors (Lipinski definition) is 7. The third-order valence-corrected chi connectivity index (χ3v) is 7.53. The van der Waals surface area contributed by atoms with Crippen molar-refractivity contribution in [3.05, 3.63) is 63.9 Å². The summed E-state index contributed by atoms with van der Waals surface area (Å²) in [7, 11) is 1.58. The Bertz CT molecular complexity index is 1190. The molecule has 2 amide bonds. The number of nitrogens with one attached hydrogen (secondary N) is 2. The molecule has 0 bridgehead atoms. The smallest absolute Gasteiger partial charge is 0.251 e. The average Bonchev–Trinajstić information content (AvgIpc) is 3.30. The van der Waals surface area contributed by atoms with Gasteiger partial charge in [0.2, 0.25) is 5.91 Å². The molecular weight excluding hydrogens is 541 g/mol. The molecule has 0 saturated carbocycles. The Morgan fingerprint density at radius 3 is 2.50 bits per heavy atom. The Balaban J connectivity index is 1.70. The van der Waals surface area contributed by atoms with E-state index in [2.05, 4.69) is 20.8 Å². The highest BCUT2D eigenvalue weighted by Gasteiger charge is 2.23. The zero-order chi connectivity index (χ0) is 26.1. The third kappa shape index (κ3) is 7.55. The van der Waals surface area contributed by atoms with E-state index in [4.69, 9.17) is 27.9 Å². The van der Waals surface area contributed by atoms with Crippen molar-refractivity contribution in [1.29, 1.82) is 0 Å². The number of rotatable bonds is 12. The Hall–Kier alpha value is -2.40. The van der Waals surface area contributed by atoms with Crippen molar-refractivity contribution >= 4 is 64.2 Å². The van der Waals surface area contributed by atoms with E-state index < -0.39 is 0 Å². The van der Waals surface area contributed by atoms with Crippen LogP contribution >= 0.6 is 46.7 Å². The number of nitrogens with zero attached hydrogens (tertiary/aromatic N) is 3. The van der Waals surface area contributed by atoms with Crippen LogP contribution in [0.25, 0.3) is 0 Å². The Kier molecular flexibility index (Phi) is 10.8. The molecule has 1 heterocycles. The zero-order valence-electron chi connectivity index (χ0n) is 20.1. The number of carbonyl (C=O) groups excluding carboxylic acids is 2. The molecule has 0 fully saturated rings. The molecule has 8 nitrogen and oxygen atoms in total. The maximum atomic E-state index is 12.9. The van der Waals surface area contributed by atoms with Crippen LogP contribution in [0, 0.1) is 0 Å². The quantitative estimate of drug-likeness (QED) is 0.276. The van der Waals surface area contributed by atoms with Crippen molar-refractivity contribution in [1.82, 2.24) is 20.1 Å². The number of thioether (sulfide) groups is 2. The molecule has 0 radical (unpaired) electrons. The first kappa shape index (κ1) is 28.2. The lowest BCUT2D eigenvalue weighted by molar-refractivity contribution is -0.113. The maximum absolute atomic E-state index is 12.9. The van der Waals surface area contributed by atoms with E-state index in [0.717, 1.165) is 5.75 Å². The SMILES string of the molecule is CCn1c(SCC(=O)Nc2ccc(Cl)c(Cl)c2)nnc1C(CCSC)NC(=O)c1ccc(OC)cc1. The molecule has 36 heavy (non-hydrogen) atoms. The van der Waals surface area contributed by atoms with Crippen LogP contribution in [0.1, 0.15) is 35.6 Å². The van der Waals surface area contributed by atoms with Gasteiger partial charge in [-0.15, -0.1) is 10.2 Å². The van der Waals surface area contributed by atoms with Crippen LogP contribution in [-0.2, 0) is 11.3 Å². The van der Waals surface area contributed by atoms with Crippen molar-refractivity contribution in [2.24, 2.45) is 0 Å². The van der Waals surface area contributed by atoms with Crippen LogP contribution < -0.4 is 15.4 Å². The number of carbonyl (C=O) groups is 2. The van der Waals surface area contributed by atoms with Crippen molar-refractivity contribution in [3.8, 4) is 5.75 Å². The number of methoxy groups -OCH3 is 1. The molecular formula is C24H27Cl2N5O3S2. The van der Waals surface area contributed by atoms with E-state index in [-0.39, 0.29) is 23.6 Å². The lowest BCUT2D eigenvalue weighted by Crippen LogP contribution is -2.31. The van der Waals surface area contributed by atoms with Crippen molar-refractivity contribution in [3.63, 3.8) is 0 Å². The predicted molar refractivity (Wildman–Crippen MR) is 148 cm³/mol. The number of benzene rings is 2. The monoisotopic (exact) mass is 567 g/mol. The Morgan fingerprint density at radius 1 is 1.11 bits per heavy atom. The highest BCUT2D eigenvalue weighted by Crippen LogP contribution is 2.26. The molecule has 1 aromatic heterocycles. The number of amides is 2. The molecule has 0 aliphatic carbocycles. The van der Waals surface area contributed by atoms with Gasteiger partial charge in [-0.3, -0.25) is 9.59 Å². The van der Waals surface area contributed by atoms with Gasteiger partial charge in [0.1, 0.15) is 5.75 Å². The van der Waals surface area contributed by atoms with Crippen LogP contribution in [0.15, 0.2) is 47.6 Å². The molecule has 0 spiro atoms. The topological polar surface area (TPSA) is 98.1 Å². The Morgan fingerprint density at radius 2 is 1.86 bits per heavy atom. The molecule has 0 aliphatic heterocycles. The van der Waals surface area contributed by atoms with Gasteiger partial charge in [0.05, 0.1) is 28.9 Å². The minimum atomic E-state index is -0.334. The van der Waals surface area contributed by atoms with Crippen LogP contribution in [-0.4, -0.2) is 51.5 Å². The fourth-order valence-corrected chi connectivity index (χ4v) is 4.93. The van der Waals surface area contributed by atoms with E-state index in [1.54, 1.807) is 61.3 Å². The summed E-state index contributed by atoms with van der Waals surface area (Å²) < 4.78 is 7.10.